The zero-order valence-electron chi connectivity index (χ0n) is 8.71. The smallest absolute Gasteiger partial charge is 0.222 e. The minimum Gasteiger partial charge on any atom is -0.337 e. The average molecular weight is 182 g/mol. The maximum absolute atomic E-state index is 11.4. The Morgan fingerprint density at radius 3 is 2.38 bits per heavy atom. The number of amides is 1. The first-order valence-electron chi connectivity index (χ1n) is 5.06. The van der Waals surface area contributed by atoms with Crippen LogP contribution in [0, 0.1) is 0 Å². The van der Waals surface area contributed by atoms with E-state index in [9.17, 15) is 4.79 Å². The van der Waals surface area contributed by atoms with Crippen molar-refractivity contribution in [3.8, 4) is 0 Å². The van der Waals surface area contributed by atoms with Crippen LogP contribution in [0.5, 0.6) is 0 Å². The fraction of sp³-hybridized carbons (Fsp3) is 0.900. The molecule has 0 radical (unpaired) electrons. The van der Waals surface area contributed by atoms with Gasteiger partial charge in [-0.2, -0.15) is 0 Å². The van der Waals surface area contributed by atoms with E-state index < -0.39 is 0 Å². The molecule has 0 aromatic heterocycles. The Bertz CT molecular complexity index is 231. The third-order valence-corrected chi connectivity index (χ3v) is 3.61. The number of carbonyl (C=O) groups excluding carboxylic acids is 1. The summed E-state index contributed by atoms with van der Waals surface area (Å²) in [6.07, 6.45) is 1.81. The van der Waals surface area contributed by atoms with Gasteiger partial charge in [-0.25, -0.2) is 0 Å². The molecule has 0 atom stereocenters. The van der Waals surface area contributed by atoms with Crippen molar-refractivity contribution >= 4 is 5.91 Å². The Morgan fingerprint density at radius 1 is 1.38 bits per heavy atom. The SMILES string of the molecule is CC(C)N1CC2(CCC(=O)N2C)C1. The van der Waals surface area contributed by atoms with Crippen LogP contribution in [0.25, 0.3) is 0 Å². The highest BCUT2D eigenvalue weighted by Crippen LogP contribution is 2.37. The van der Waals surface area contributed by atoms with Crippen molar-refractivity contribution < 1.29 is 4.79 Å². The van der Waals surface area contributed by atoms with E-state index in [0.717, 1.165) is 25.9 Å². The molecule has 74 valence electrons. The van der Waals surface area contributed by atoms with Crippen LogP contribution in [0.4, 0.5) is 0 Å². The molecule has 2 aliphatic rings. The van der Waals surface area contributed by atoms with E-state index in [1.165, 1.54) is 0 Å². The summed E-state index contributed by atoms with van der Waals surface area (Å²) in [4.78, 5) is 15.8. The van der Waals surface area contributed by atoms with Crippen molar-refractivity contribution in [3.05, 3.63) is 0 Å². The van der Waals surface area contributed by atoms with E-state index in [1.807, 2.05) is 11.9 Å². The quantitative estimate of drug-likeness (QED) is 0.596. The third-order valence-electron chi connectivity index (χ3n) is 3.61. The van der Waals surface area contributed by atoms with Crippen LogP contribution < -0.4 is 0 Å². The van der Waals surface area contributed by atoms with Crippen LogP contribution >= 0.6 is 0 Å². The molecular weight excluding hydrogens is 164 g/mol. The molecule has 1 spiro atoms. The van der Waals surface area contributed by atoms with Gasteiger partial charge in [0.25, 0.3) is 0 Å². The number of rotatable bonds is 1. The second-order valence-corrected chi connectivity index (χ2v) is 4.68. The highest BCUT2D eigenvalue weighted by atomic mass is 16.2. The van der Waals surface area contributed by atoms with Gasteiger partial charge in [0.15, 0.2) is 0 Å². The highest BCUT2D eigenvalue weighted by Gasteiger charge is 2.51. The predicted octanol–water partition coefficient (Wildman–Crippen LogP) is 0.701. The Balaban J connectivity index is 2.00. The highest BCUT2D eigenvalue weighted by molar-refractivity contribution is 5.79. The number of likely N-dealkylation sites (tertiary alicyclic amines) is 2. The molecular formula is C10H18N2O. The standard InChI is InChI=1S/C10H18N2O/c1-8(2)12-6-10(7-12)5-4-9(13)11(10)3/h8H,4-7H2,1-3H3. The molecule has 2 fully saturated rings. The van der Waals surface area contributed by atoms with Crippen LogP contribution in [-0.4, -0.2) is 47.4 Å². The normalized spacial score (nSPS) is 27.4. The summed E-state index contributed by atoms with van der Waals surface area (Å²) < 4.78 is 0. The molecule has 2 saturated heterocycles. The van der Waals surface area contributed by atoms with Gasteiger partial charge in [0, 0.05) is 32.6 Å². The van der Waals surface area contributed by atoms with Gasteiger partial charge in [-0.1, -0.05) is 0 Å². The lowest BCUT2D eigenvalue weighted by atomic mass is 9.86. The zero-order valence-corrected chi connectivity index (χ0v) is 8.71. The average Bonchev–Trinajstić information content (AvgIpc) is 2.26. The molecule has 2 rings (SSSR count). The first kappa shape index (κ1) is 9.00. The molecule has 2 aliphatic heterocycles. The first-order chi connectivity index (χ1) is 6.05. The Hall–Kier alpha value is -0.570. The number of nitrogens with zero attached hydrogens (tertiary/aromatic N) is 2. The fourth-order valence-electron chi connectivity index (χ4n) is 2.38. The lowest BCUT2D eigenvalue weighted by Gasteiger charge is -2.53. The molecule has 13 heavy (non-hydrogen) atoms. The fourth-order valence-corrected chi connectivity index (χ4v) is 2.38. The van der Waals surface area contributed by atoms with Crippen molar-refractivity contribution in [2.24, 2.45) is 0 Å². The van der Waals surface area contributed by atoms with Crippen molar-refractivity contribution in [1.29, 1.82) is 0 Å². The molecule has 3 heteroatoms. The van der Waals surface area contributed by atoms with E-state index in [1.54, 1.807) is 0 Å². The summed E-state index contributed by atoms with van der Waals surface area (Å²) in [5, 5.41) is 0. The van der Waals surface area contributed by atoms with Crippen LogP contribution in [-0.2, 0) is 4.79 Å². The summed E-state index contributed by atoms with van der Waals surface area (Å²) in [7, 11) is 1.95. The van der Waals surface area contributed by atoms with E-state index in [4.69, 9.17) is 0 Å². The van der Waals surface area contributed by atoms with E-state index in [-0.39, 0.29) is 5.54 Å². The van der Waals surface area contributed by atoms with Gasteiger partial charge in [0.1, 0.15) is 0 Å². The lowest BCUT2D eigenvalue weighted by molar-refractivity contribution is -0.135. The molecule has 1 amide bonds. The van der Waals surface area contributed by atoms with Crippen LogP contribution in [0.15, 0.2) is 0 Å². The van der Waals surface area contributed by atoms with Gasteiger partial charge in [-0.3, -0.25) is 9.69 Å². The van der Waals surface area contributed by atoms with Crippen LogP contribution in [0.2, 0.25) is 0 Å². The maximum atomic E-state index is 11.4. The van der Waals surface area contributed by atoms with Crippen molar-refractivity contribution in [1.82, 2.24) is 9.80 Å². The second-order valence-electron chi connectivity index (χ2n) is 4.68. The molecule has 0 N–H and O–H groups in total. The summed E-state index contributed by atoms with van der Waals surface area (Å²) in [6, 6.07) is 0.620. The molecule has 0 saturated carbocycles. The van der Waals surface area contributed by atoms with Gasteiger partial charge in [-0.15, -0.1) is 0 Å². The lowest BCUT2D eigenvalue weighted by Crippen LogP contribution is -2.68. The van der Waals surface area contributed by atoms with E-state index in [0.29, 0.717) is 11.9 Å². The number of carbonyl (C=O) groups is 1. The van der Waals surface area contributed by atoms with Crippen molar-refractivity contribution in [2.75, 3.05) is 20.1 Å². The number of hydrogen-bond donors (Lipinski definition) is 0. The van der Waals surface area contributed by atoms with Gasteiger partial charge in [0.2, 0.25) is 5.91 Å². The van der Waals surface area contributed by atoms with Crippen molar-refractivity contribution in [3.63, 3.8) is 0 Å². The summed E-state index contributed by atoms with van der Waals surface area (Å²) in [5.41, 5.74) is 0.210. The van der Waals surface area contributed by atoms with Gasteiger partial charge in [0.05, 0.1) is 5.54 Å². The molecule has 3 nitrogen and oxygen atoms in total. The summed E-state index contributed by atoms with van der Waals surface area (Å²) in [5.74, 6) is 0.323. The van der Waals surface area contributed by atoms with E-state index >= 15 is 0 Å². The maximum Gasteiger partial charge on any atom is 0.222 e. The van der Waals surface area contributed by atoms with Gasteiger partial charge in [-0.05, 0) is 20.3 Å². The minimum atomic E-state index is 0.210. The summed E-state index contributed by atoms with van der Waals surface area (Å²) >= 11 is 0. The molecule has 0 aliphatic carbocycles. The van der Waals surface area contributed by atoms with Crippen LogP contribution in [0.3, 0.4) is 0 Å². The number of hydrogen-bond acceptors (Lipinski definition) is 2. The molecule has 2 heterocycles. The summed E-state index contributed by atoms with van der Waals surface area (Å²) in [6.45, 7) is 6.58. The second kappa shape index (κ2) is 2.71. The predicted molar refractivity (Wildman–Crippen MR) is 51.4 cm³/mol. The monoisotopic (exact) mass is 182 g/mol. The Kier molecular flexibility index (Phi) is 1.88. The topological polar surface area (TPSA) is 23.6 Å². The molecule has 0 aromatic carbocycles. The Labute approximate surface area is 79.7 Å². The molecule has 0 aromatic rings. The van der Waals surface area contributed by atoms with Gasteiger partial charge >= 0.3 is 0 Å². The van der Waals surface area contributed by atoms with Crippen LogP contribution in [0.1, 0.15) is 26.7 Å². The van der Waals surface area contributed by atoms with Crippen molar-refractivity contribution in [2.45, 2.75) is 38.3 Å². The third kappa shape index (κ3) is 1.17. The zero-order chi connectivity index (χ0) is 9.64. The largest absolute Gasteiger partial charge is 0.337 e. The number of likely N-dealkylation sites (N-methyl/N-ethyl adjacent to an activating group) is 1. The molecule has 0 bridgehead atoms. The van der Waals surface area contributed by atoms with E-state index in [2.05, 4.69) is 18.7 Å². The van der Waals surface area contributed by atoms with Gasteiger partial charge < -0.3 is 4.90 Å². The first-order valence-corrected chi connectivity index (χ1v) is 5.06. The minimum absolute atomic E-state index is 0.210. The molecule has 0 unspecified atom stereocenters. The Morgan fingerprint density at radius 2 is 2.00 bits per heavy atom.